The second-order valence-corrected chi connectivity index (χ2v) is 6.47. The Bertz CT molecular complexity index is 826. The van der Waals surface area contributed by atoms with Crippen molar-refractivity contribution in [1.82, 2.24) is 5.32 Å². The van der Waals surface area contributed by atoms with Crippen LogP contribution in [-0.2, 0) is 17.4 Å². The number of rotatable bonds is 7. The number of benzene rings is 2. The van der Waals surface area contributed by atoms with Gasteiger partial charge in [0.25, 0.3) is 5.69 Å². The first-order valence-corrected chi connectivity index (χ1v) is 8.65. The predicted molar refractivity (Wildman–Crippen MR) is 91.9 cm³/mol. The lowest BCUT2D eigenvalue weighted by molar-refractivity contribution is -0.388. The molecule has 0 radical (unpaired) electrons. The molecule has 27 heavy (non-hydrogen) atoms. The van der Waals surface area contributed by atoms with Gasteiger partial charge in [0.1, 0.15) is 5.82 Å². The molecule has 0 saturated carbocycles. The second kappa shape index (κ2) is 8.85. The first-order chi connectivity index (χ1) is 12.7. The summed E-state index contributed by atoms with van der Waals surface area (Å²) in [7, 11) is 0. The fraction of sp³-hybridized carbons (Fsp3) is 0.235. The van der Waals surface area contributed by atoms with Crippen LogP contribution in [0.4, 0.5) is 23.2 Å². The van der Waals surface area contributed by atoms with Crippen molar-refractivity contribution >= 4 is 23.4 Å². The highest BCUT2D eigenvalue weighted by molar-refractivity contribution is 8.00. The number of alkyl halides is 3. The summed E-state index contributed by atoms with van der Waals surface area (Å²) in [6.07, 6.45) is -4.22. The number of hydrogen-bond acceptors (Lipinski definition) is 4. The van der Waals surface area contributed by atoms with Crippen molar-refractivity contribution in [3.8, 4) is 0 Å². The molecule has 10 heteroatoms. The van der Waals surface area contributed by atoms with Crippen LogP contribution in [0.15, 0.2) is 47.4 Å². The Labute approximate surface area is 155 Å². The third-order valence-corrected chi connectivity index (χ3v) is 4.55. The van der Waals surface area contributed by atoms with E-state index in [4.69, 9.17) is 0 Å². The standard InChI is InChI=1S/C17H14F4N2O3S/c18-13-4-1-11(2-5-13)7-8-22-16(24)10-27-15-6-3-12(17(19,20)21)9-14(15)23(25)26/h1-6,9H,7-8,10H2,(H,22,24). The van der Waals surface area contributed by atoms with E-state index in [0.717, 1.165) is 29.5 Å². The van der Waals surface area contributed by atoms with Gasteiger partial charge in [-0.3, -0.25) is 14.9 Å². The Morgan fingerprint density at radius 2 is 1.81 bits per heavy atom. The Balaban J connectivity index is 1.90. The molecule has 0 aliphatic rings. The van der Waals surface area contributed by atoms with Crippen molar-refractivity contribution < 1.29 is 27.3 Å². The van der Waals surface area contributed by atoms with Crippen LogP contribution in [0.3, 0.4) is 0 Å². The molecule has 2 aromatic carbocycles. The van der Waals surface area contributed by atoms with E-state index in [-0.39, 0.29) is 23.0 Å². The normalized spacial score (nSPS) is 11.3. The number of amides is 1. The van der Waals surface area contributed by atoms with Crippen LogP contribution in [0.1, 0.15) is 11.1 Å². The Kier molecular flexibility index (Phi) is 6.78. The van der Waals surface area contributed by atoms with E-state index in [2.05, 4.69) is 5.32 Å². The maximum absolute atomic E-state index is 12.8. The van der Waals surface area contributed by atoms with Gasteiger partial charge in [-0.1, -0.05) is 12.1 Å². The molecule has 2 rings (SSSR count). The van der Waals surface area contributed by atoms with Gasteiger partial charge in [0.2, 0.25) is 5.91 Å². The number of hydrogen-bond donors (Lipinski definition) is 1. The van der Waals surface area contributed by atoms with E-state index in [9.17, 15) is 32.5 Å². The lowest BCUT2D eigenvalue weighted by Crippen LogP contribution is -2.27. The minimum Gasteiger partial charge on any atom is -0.355 e. The molecule has 0 unspecified atom stereocenters. The molecule has 144 valence electrons. The van der Waals surface area contributed by atoms with Crippen molar-refractivity contribution in [3.05, 3.63) is 69.5 Å². The maximum Gasteiger partial charge on any atom is 0.416 e. The summed E-state index contributed by atoms with van der Waals surface area (Å²) in [6.45, 7) is 0.278. The minimum absolute atomic E-state index is 0.0262. The number of thioether (sulfide) groups is 1. The van der Waals surface area contributed by atoms with Crippen molar-refractivity contribution in [3.63, 3.8) is 0 Å². The van der Waals surface area contributed by atoms with Crippen molar-refractivity contribution in [2.45, 2.75) is 17.5 Å². The van der Waals surface area contributed by atoms with Gasteiger partial charge in [-0.15, -0.1) is 11.8 Å². The zero-order valence-corrected chi connectivity index (χ0v) is 14.6. The van der Waals surface area contributed by atoms with Gasteiger partial charge in [0.15, 0.2) is 0 Å². The lowest BCUT2D eigenvalue weighted by Gasteiger charge is -2.09. The molecule has 1 amide bonds. The molecular weight excluding hydrogens is 388 g/mol. The zero-order chi connectivity index (χ0) is 20.0. The van der Waals surface area contributed by atoms with Crippen LogP contribution < -0.4 is 5.32 Å². The first kappa shape index (κ1) is 20.7. The number of nitro groups is 1. The summed E-state index contributed by atoms with van der Waals surface area (Å²) in [5, 5.41) is 13.6. The van der Waals surface area contributed by atoms with Crippen molar-refractivity contribution in [2.75, 3.05) is 12.3 Å². The fourth-order valence-corrected chi connectivity index (χ4v) is 2.98. The van der Waals surface area contributed by atoms with Crippen molar-refractivity contribution in [2.24, 2.45) is 0 Å². The number of nitrogens with one attached hydrogen (secondary N) is 1. The van der Waals surface area contributed by atoms with E-state index in [0.29, 0.717) is 12.5 Å². The van der Waals surface area contributed by atoms with Crippen LogP contribution in [0, 0.1) is 15.9 Å². The summed E-state index contributed by atoms with van der Waals surface area (Å²) in [4.78, 5) is 21.9. The van der Waals surface area contributed by atoms with Gasteiger partial charge in [-0.2, -0.15) is 13.2 Å². The van der Waals surface area contributed by atoms with Gasteiger partial charge in [0.05, 0.1) is 21.1 Å². The molecule has 0 bridgehead atoms. The molecule has 0 aliphatic heterocycles. The van der Waals surface area contributed by atoms with E-state index in [1.54, 1.807) is 12.1 Å². The number of carbonyl (C=O) groups is 1. The highest BCUT2D eigenvalue weighted by atomic mass is 32.2. The molecule has 0 aromatic heterocycles. The predicted octanol–water partition coefficient (Wildman–Crippen LogP) is 4.20. The molecule has 1 N–H and O–H groups in total. The monoisotopic (exact) mass is 402 g/mol. The highest BCUT2D eigenvalue weighted by Gasteiger charge is 2.33. The molecule has 5 nitrogen and oxygen atoms in total. The molecule has 0 aliphatic carbocycles. The van der Waals surface area contributed by atoms with Gasteiger partial charge in [-0.05, 0) is 36.2 Å². The van der Waals surface area contributed by atoms with Gasteiger partial charge >= 0.3 is 6.18 Å². The molecule has 0 spiro atoms. The molecule has 0 heterocycles. The molecule has 2 aromatic rings. The molecular formula is C17H14F4N2O3S. The Morgan fingerprint density at radius 3 is 2.41 bits per heavy atom. The fourth-order valence-electron chi connectivity index (χ4n) is 2.15. The average molecular weight is 402 g/mol. The number of nitrogens with zero attached hydrogens (tertiary/aromatic N) is 1. The number of halogens is 4. The maximum atomic E-state index is 12.8. The first-order valence-electron chi connectivity index (χ1n) is 7.66. The Hall–Kier alpha value is -2.62. The van der Waals surface area contributed by atoms with Gasteiger partial charge < -0.3 is 5.32 Å². The van der Waals surface area contributed by atoms with E-state index >= 15 is 0 Å². The smallest absolute Gasteiger partial charge is 0.355 e. The van der Waals surface area contributed by atoms with Gasteiger partial charge in [-0.25, -0.2) is 4.39 Å². The Morgan fingerprint density at radius 1 is 1.15 bits per heavy atom. The molecule has 0 atom stereocenters. The van der Waals surface area contributed by atoms with Crippen LogP contribution in [0.25, 0.3) is 0 Å². The SMILES string of the molecule is O=C(CSc1ccc(C(F)(F)F)cc1[N+](=O)[O-])NCCc1ccc(F)cc1. The number of carbonyl (C=O) groups excluding carboxylic acids is 1. The second-order valence-electron chi connectivity index (χ2n) is 5.45. The average Bonchev–Trinajstić information content (AvgIpc) is 2.60. The van der Waals surface area contributed by atoms with Crippen LogP contribution in [-0.4, -0.2) is 23.1 Å². The topological polar surface area (TPSA) is 72.2 Å². The molecule has 0 fully saturated rings. The van der Waals surface area contributed by atoms with Gasteiger partial charge in [0, 0.05) is 12.6 Å². The van der Waals surface area contributed by atoms with E-state index in [1.807, 2.05) is 0 Å². The van der Waals surface area contributed by atoms with Crippen LogP contribution in [0.5, 0.6) is 0 Å². The van der Waals surface area contributed by atoms with Crippen LogP contribution in [0.2, 0.25) is 0 Å². The third-order valence-electron chi connectivity index (χ3n) is 3.49. The quantitative estimate of drug-likeness (QED) is 0.326. The summed E-state index contributed by atoms with van der Waals surface area (Å²) in [6, 6.07) is 7.95. The summed E-state index contributed by atoms with van der Waals surface area (Å²) < 4.78 is 50.8. The largest absolute Gasteiger partial charge is 0.416 e. The van der Waals surface area contributed by atoms with Crippen molar-refractivity contribution in [1.29, 1.82) is 0 Å². The van der Waals surface area contributed by atoms with E-state index < -0.39 is 28.3 Å². The molecule has 0 saturated heterocycles. The minimum atomic E-state index is -4.69. The summed E-state index contributed by atoms with van der Waals surface area (Å²) in [5.41, 5.74) is -1.00. The lowest BCUT2D eigenvalue weighted by atomic mass is 10.1. The third kappa shape index (κ3) is 6.24. The van der Waals surface area contributed by atoms with E-state index in [1.165, 1.54) is 12.1 Å². The number of nitro benzene ring substituents is 1. The summed E-state index contributed by atoms with van der Waals surface area (Å²) in [5.74, 6) is -0.969. The summed E-state index contributed by atoms with van der Waals surface area (Å²) >= 11 is 0.780. The van der Waals surface area contributed by atoms with Crippen LogP contribution >= 0.6 is 11.8 Å². The zero-order valence-electron chi connectivity index (χ0n) is 13.8. The highest BCUT2D eigenvalue weighted by Crippen LogP contribution is 2.36.